The number of rotatable bonds is 7. The van der Waals surface area contributed by atoms with E-state index in [-0.39, 0.29) is 5.97 Å². The number of nitriles is 1. The third-order valence-corrected chi connectivity index (χ3v) is 3.91. The summed E-state index contributed by atoms with van der Waals surface area (Å²) in [7, 11) is 0. The molecule has 4 nitrogen and oxygen atoms in total. The van der Waals surface area contributed by atoms with Gasteiger partial charge in [-0.05, 0) is 47.4 Å². The maximum Gasteiger partial charge on any atom is 0.330 e. The maximum atomic E-state index is 11.7. The van der Waals surface area contributed by atoms with Gasteiger partial charge in [0.1, 0.15) is 0 Å². The molecule has 2 aromatic rings. The Bertz CT molecular complexity index is 813. The van der Waals surface area contributed by atoms with E-state index in [1.807, 2.05) is 43.3 Å². The molecular formula is C22H22N2O2. The van der Waals surface area contributed by atoms with Crippen molar-refractivity contribution in [1.82, 2.24) is 0 Å². The van der Waals surface area contributed by atoms with Gasteiger partial charge in [0, 0.05) is 12.3 Å². The summed E-state index contributed by atoms with van der Waals surface area (Å²) in [6.07, 6.45) is 5.91. The summed E-state index contributed by atoms with van der Waals surface area (Å²) in [5, 5.41) is 8.79. The number of aliphatic imine (C=N–C) groups is 1. The molecule has 2 aromatic carbocycles. The summed E-state index contributed by atoms with van der Waals surface area (Å²) in [6.45, 7) is 4.57. The fourth-order valence-corrected chi connectivity index (χ4v) is 2.02. The second-order valence-electron chi connectivity index (χ2n) is 6.06. The molecule has 0 radical (unpaired) electrons. The first-order valence-electron chi connectivity index (χ1n) is 8.60. The fraction of sp³-hybridized carbons (Fsp3) is 0.227. The molecular weight excluding hydrogens is 324 g/mol. The molecule has 4 heteroatoms. The van der Waals surface area contributed by atoms with E-state index in [4.69, 9.17) is 10.00 Å². The van der Waals surface area contributed by atoms with Crippen molar-refractivity contribution in [2.75, 3.05) is 6.61 Å². The molecule has 0 bridgehead atoms. The molecule has 0 aliphatic rings. The molecule has 0 unspecified atom stereocenters. The van der Waals surface area contributed by atoms with Crippen LogP contribution in [0.1, 0.15) is 37.0 Å². The van der Waals surface area contributed by atoms with Crippen LogP contribution in [0.5, 0.6) is 0 Å². The van der Waals surface area contributed by atoms with Crippen LogP contribution in [0.15, 0.2) is 59.6 Å². The van der Waals surface area contributed by atoms with Crippen molar-refractivity contribution in [3.63, 3.8) is 0 Å². The molecule has 2 rings (SSSR count). The van der Waals surface area contributed by atoms with Gasteiger partial charge in [0.15, 0.2) is 0 Å². The van der Waals surface area contributed by atoms with Gasteiger partial charge < -0.3 is 4.74 Å². The summed E-state index contributed by atoms with van der Waals surface area (Å²) < 4.78 is 5.17. The van der Waals surface area contributed by atoms with Gasteiger partial charge in [-0.25, -0.2) is 4.79 Å². The Kier molecular flexibility index (Phi) is 7.32. The molecule has 0 saturated heterocycles. The summed E-state index contributed by atoms with van der Waals surface area (Å²) in [6, 6.07) is 16.9. The Morgan fingerprint density at radius 1 is 1.15 bits per heavy atom. The van der Waals surface area contributed by atoms with Gasteiger partial charge in [0.05, 0.1) is 23.9 Å². The molecule has 26 heavy (non-hydrogen) atoms. The minimum Gasteiger partial charge on any atom is -0.462 e. The van der Waals surface area contributed by atoms with E-state index >= 15 is 0 Å². The molecule has 0 fully saturated rings. The lowest BCUT2D eigenvalue weighted by Crippen LogP contribution is -2.08. The number of carbonyl (C=O) groups excluding carboxylic acids is 1. The minimum atomic E-state index is -0.326. The fourth-order valence-electron chi connectivity index (χ4n) is 2.02. The number of benzene rings is 2. The zero-order chi connectivity index (χ0) is 18.8. The molecule has 0 spiro atoms. The quantitative estimate of drug-likeness (QED) is 0.406. The SMILES string of the molecule is CC[C@H](C)COC(=O)C=Cc1ccc(N=Cc2ccc(C#N)cc2)cc1. The first-order valence-corrected chi connectivity index (χ1v) is 8.60. The van der Waals surface area contributed by atoms with Crippen molar-refractivity contribution in [2.24, 2.45) is 10.9 Å². The molecule has 0 amide bonds. The van der Waals surface area contributed by atoms with E-state index in [2.05, 4.69) is 18.0 Å². The third-order valence-electron chi connectivity index (χ3n) is 3.91. The first-order chi connectivity index (χ1) is 12.6. The van der Waals surface area contributed by atoms with Crippen molar-refractivity contribution in [3.05, 3.63) is 71.3 Å². The van der Waals surface area contributed by atoms with Crippen LogP contribution in [0.2, 0.25) is 0 Å². The van der Waals surface area contributed by atoms with Gasteiger partial charge in [0.25, 0.3) is 0 Å². The molecule has 0 aliphatic heterocycles. The van der Waals surface area contributed by atoms with E-state index in [1.54, 1.807) is 24.4 Å². The van der Waals surface area contributed by atoms with Crippen LogP contribution >= 0.6 is 0 Å². The van der Waals surface area contributed by atoms with Gasteiger partial charge in [-0.1, -0.05) is 44.5 Å². The van der Waals surface area contributed by atoms with Gasteiger partial charge >= 0.3 is 5.97 Å². The predicted molar refractivity (Wildman–Crippen MR) is 104 cm³/mol. The number of carbonyl (C=O) groups is 1. The van der Waals surface area contributed by atoms with E-state index in [1.165, 1.54) is 6.08 Å². The second-order valence-corrected chi connectivity index (χ2v) is 6.06. The van der Waals surface area contributed by atoms with E-state index < -0.39 is 0 Å². The zero-order valence-corrected chi connectivity index (χ0v) is 15.1. The standard InChI is InChI=1S/C22H22N2O2/c1-3-17(2)16-26-22(25)13-10-18-8-11-21(12-9-18)24-15-20-6-4-19(14-23)5-7-20/h4-13,15,17H,3,16H2,1-2H3/t17-/m0/s1. The Morgan fingerprint density at radius 3 is 2.42 bits per heavy atom. The van der Waals surface area contributed by atoms with Crippen molar-refractivity contribution < 1.29 is 9.53 Å². The summed E-state index contributed by atoms with van der Waals surface area (Å²) in [4.78, 5) is 16.1. The molecule has 0 saturated carbocycles. The highest BCUT2D eigenvalue weighted by molar-refractivity contribution is 5.87. The Hall–Kier alpha value is -3.19. The monoisotopic (exact) mass is 346 g/mol. The number of hydrogen-bond donors (Lipinski definition) is 0. The second kappa shape index (κ2) is 9.95. The van der Waals surface area contributed by atoms with Gasteiger partial charge in [0.2, 0.25) is 0 Å². The topological polar surface area (TPSA) is 62.4 Å². The Balaban J connectivity index is 1.91. The summed E-state index contributed by atoms with van der Waals surface area (Å²) in [5.41, 5.74) is 3.27. The average molecular weight is 346 g/mol. The average Bonchev–Trinajstić information content (AvgIpc) is 2.70. The molecule has 0 N–H and O–H groups in total. The van der Waals surface area contributed by atoms with Crippen molar-refractivity contribution in [1.29, 1.82) is 5.26 Å². The highest BCUT2D eigenvalue weighted by Crippen LogP contribution is 2.14. The maximum absolute atomic E-state index is 11.7. The highest BCUT2D eigenvalue weighted by atomic mass is 16.5. The first kappa shape index (κ1) is 19.1. The van der Waals surface area contributed by atoms with E-state index in [0.717, 1.165) is 23.2 Å². The van der Waals surface area contributed by atoms with Crippen molar-refractivity contribution in [3.8, 4) is 6.07 Å². The van der Waals surface area contributed by atoms with E-state index in [9.17, 15) is 4.79 Å². The normalized spacial score (nSPS) is 12.2. The number of ether oxygens (including phenoxy) is 1. The smallest absolute Gasteiger partial charge is 0.330 e. The lowest BCUT2D eigenvalue weighted by molar-refractivity contribution is -0.138. The predicted octanol–water partition coefficient (Wildman–Crippen LogP) is 4.91. The van der Waals surface area contributed by atoms with Crippen LogP contribution in [0.25, 0.3) is 6.08 Å². The third kappa shape index (κ3) is 6.37. The van der Waals surface area contributed by atoms with E-state index in [0.29, 0.717) is 18.1 Å². The van der Waals surface area contributed by atoms with Crippen LogP contribution in [0.3, 0.4) is 0 Å². The van der Waals surface area contributed by atoms with Crippen LogP contribution in [-0.2, 0) is 9.53 Å². The molecule has 0 heterocycles. The highest BCUT2D eigenvalue weighted by Gasteiger charge is 2.02. The molecule has 0 aromatic heterocycles. The van der Waals surface area contributed by atoms with Crippen molar-refractivity contribution in [2.45, 2.75) is 20.3 Å². The number of esters is 1. The van der Waals surface area contributed by atoms with Crippen molar-refractivity contribution >= 4 is 23.9 Å². The molecule has 132 valence electrons. The summed E-state index contributed by atoms with van der Waals surface area (Å²) in [5.74, 6) is 0.0498. The lowest BCUT2D eigenvalue weighted by atomic mass is 10.1. The van der Waals surface area contributed by atoms with Gasteiger partial charge in [-0.3, -0.25) is 4.99 Å². The number of nitrogens with zero attached hydrogens (tertiary/aromatic N) is 2. The number of hydrogen-bond acceptors (Lipinski definition) is 4. The van der Waals surface area contributed by atoms with Crippen LogP contribution in [-0.4, -0.2) is 18.8 Å². The van der Waals surface area contributed by atoms with Crippen LogP contribution in [0.4, 0.5) is 5.69 Å². The Labute approximate surface area is 154 Å². The van der Waals surface area contributed by atoms with Crippen LogP contribution in [0, 0.1) is 17.2 Å². The summed E-state index contributed by atoms with van der Waals surface area (Å²) >= 11 is 0. The minimum absolute atomic E-state index is 0.326. The largest absolute Gasteiger partial charge is 0.462 e. The van der Waals surface area contributed by atoms with Gasteiger partial charge in [-0.15, -0.1) is 0 Å². The van der Waals surface area contributed by atoms with Crippen LogP contribution < -0.4 is 0 Å². The lowest BCUT2D eigenvalue weighted by Gasteiger charge is -2.07. The molecule has 1 atom stereocenters. The Morgan fingerprint density at radius 2 is 1.81 bits per heavy atom. The van der Waals surface area contributed by atoms with Gasteiger partial charge in [-0.2, -0.15) is 5.26 Å². The molecule has 0 aliphatic carbocycles. The zero-order valence-electron chi connectivity index (χ0n) is 15.1.